The van der Waals surface area contributed by atoms with Gasteiger partial charge in [-0.05, 0) is 36.0 Å². The molecule has 1 aliphatic heterocycles. The molecule has 1 saturated heterocycles. The highest BCUT2D eigenvalue weighted by atomic mass is 79.9. The summed E-state index contributed by atoms with van der Waals surface area (Å²) in [5.74, 6) is 0.0694. The van der Waals surface area contributed by atoms with Crippen LogP contribution >= 0.6 is 15.9 Å². The Hall–Kier alpha value is -0.870. The average Bonchev–Trinajstić information content (AvgIpc) is 2.85. The molecule has 1 aromatic rings. The van der Waals surface area contributed by atoms with Crippen LogP contribution in [-0.2, 0) is 4.79 Å². The lowest BCUT2D eigenvalue weighted by molar-refractivity contribution is -0.135. The molecule has 0 radical (unpaired) electrons. The van der Waals surface area contributed by atoms with Crippen LogP contribution in [0.2, 0.25) is 0 Å². The van der Waals surface area contributed by atoms with Crippen molar-refractivity contribution in [1.29, 1.82) is 0 Å². The maximum atomic E-state index is 12.6. The van der Waals surface area contributed by atoms with Crippen LogP contribution in [0.4, 0.5) is 0 Å². The van der Waals surface area contributed by atoms with Gasteiger partial charge in [0.1, 0.15) is 0 Å². The predicted octanol–water partition coefficient (Wildman–Crippen LogP) is 3.49. The Morgan fingerprint density at radius 3 is 2.75 bits per heavy atom. The van der Waals surface area contributed by atoms with Gasteiger partial charge >= 0.3 is 0 Å². The van der Waals surface area contributed by atoms with Gasteiger partial charge in [-0.1, -0.05) is 48.8 Å². The second-order valence-corrected chi connectivity index (χ2v) is 7.50. The molecule has 1 aliphatic rings. The van der Waals surface area contributed by atoms with Crippen LogP contribution in [0.25, 0.3) is 0 Å². The predicted molar refractivity (Wildman–Crippen MR) is 85.3 cm³/mol. The number of amides is 1. The molecule has 2 N–H and O–H groups in total. The van der Waals surface area contributed by atoms with E-state index < -0.39 is 6.04 Å². The first-order valence-electron chi connectivity index (χ1n) is 7.12. The van der Waals surface area contributed by atoms with E-state index in [9.17, 15) is 4.79 Å². The second kappa shape index (κ2) is 5.86. The van der Waals surface area contributed by atoms with Crippen molar-refractivity contribution in [3.05, 3.63) is 34.3 Å². The van der Waals surface area contributed by atoms with Crippen molar-refractivity contribution >= 4 is 21.8 Å². The van der Waals surface area contributed by atoms with Gasteiger partial charge in [-0.3, -0.25) is 4.79 Å². The molecule has 1 amide bonds. The molecule has 1 heterocycles. The number of likely N-dealkylation sites (tertiary alicyclic amines) is 1. The minimum absolute atomic E-state index is 0.0694. The lowest BCUT2D eigenvalue weighted by Gasteiger charge is -2.33. The lowest BCUT2D eigenvalue weighted by atomic mass is 9.86. The molecule has 20 heavy (non-hydrogen) atoms. The van der Waals surface area contributed by atoms with Gasteiger partial charge in [-0.15, -0.1) is 0 Å². The van der Waals surface area contributed by atoms with E-state index in [-0.39, 0.29) is 17.4 Å². The van der Waals surface area contributed by atoms with E-state index in [4.69, 9.17) is 5.73 Å². The standard InChI is InChI=1S/C16H23BrN2O/c1-16(2,3)14(18)15(20)19-9-5-8-13(19)11-6-4-7-12(17)10-11/h4,6-7,10,13-14H,5,8-9,18H2,1-3H3. The third-order valence-electron chi connectivity index (χ3n) is 3.97. The number of carbonyl (C=O) groups excluding carboxylic acids is 1. The average molecular weight is 339 g/mol. The van der Waals surface area contributed by atoms with Crippen molar-refractivity contribution in [2.45, 2.75) is 45.7 Å². The molecular formula is C16H23BrN2O. The van der Waals surface area contributed by atoms with Crippen molar-refractivity contribution in [2.24, 2.45) is 11.1 Å². The van der Waals surface area contributed by atoms with Gasteiger partial charge < -0.3 is 10.6 Å². The molecule has 2 rings (SSSR count). The molecule has 0 aliphatic carbocycles. The minimum atomic E-state index is -0.449. The Morgan fingerprint density at radius 1 is 1.45 bits per heavy atom. The summed E-state index contributed by atoms with van der Waals surface area (Å²) in [6, 6.07) is 7.92. The number of hydrogen-bond donors (Lipinski definition) is 1. The fourth-order valence-corrected chi connectivity index (χ4v) is 3.06. The highest BCUT2D eigenvalue weighted by molar-refractivity contribution is 9.10. The van der Waals surface area contributed by atoms with Crippen LogP contribution in [0.15, 0.2) is 28.7 Å². The summed E-state index contributed by atoms with van der Waals surface area (Å²) >= 11 is 3.50. The molecule has 0 spiro atoms. The molecule has 1 fully saturated rings. The van der Waals surface area contributed by atoms with Gasteiger partial charge in [-0.2, -0.15) is 0 Å². The monoisotopic (exact) mass is 338 g/mol. The number of nitrogens with zero attached hydrogens (tertiary/aromatic N) is 1. The summed E-state index contributed by atoms with van der Waals surface area (Å²) in [4.78, 5) is 14.6. The van der Waals surface area contributed by atoms with Crippen LogP contribution in [-0.4, -0.2) is 23.4 Å². The summed E-state index contributed by atoms with van der Waals surface area (Å²) in [7, 11) is 0. The zero-order valence-electron chi connectivity index (χ0n) is 12.4. The SMILES string of the molecule is CC(C)(C)C(N)C(=O)N1CCCC1c1cccc(Br)c1. The van der Waals surface area contributed by atoms with Crippen molar-refractivity contribution in [2.75, 3.05) is 6.54 Å². The normalized spacial score (nSPS) is 21.1. The molecular weight excluding hydrogens is 316 g/mol. The van der Waals surface area contributed by atoms with E-state index in [1.54, 1.807) is 0 Å². The number of carbonyl (C=O) groups is 1. The second-order valence-electron chi connectivity index (χ2n) is 6.59. The molecule has 2 atom stereocenters. The smallest absolute Gasteiger partial charge is 0.240 e. The number of halogens is 1. The Kier molecular flexibility index (Phi) is 4.55. The fraction of sp³-hybridized carbons (Fsp3) is 0.562. The molecule has 3 nitrogen and oxygen atoms in total. The zero-order chi connectivity index (χ0) is 14.9. The molecule has 0 saturated carbocycles. The van der Waals surface area contributed by atoms with E-state index in [0.717, 1.165) is 23.9 Å². The Labute approximate surface area is 129 Å². The lowest BCUT2D eigenvalue weighted by Crippen LogP contribution is -2.50. The van der Waals surface area contributed by atoms with E-state index in [1.807, 2.05) is 37.8 Å². The van der Waals surface area contributed by atoms with E-state index in [2.05, 4.69) is 28.1 Å². The van der Waals surface area contributed by atoms with Crippen molar-refractivity contribution in [3.8, 4) is 0 Å². The molecule has 1 aromatic carbocycles. The topological polar surface area (TPSA) is 46.3 Å². The zero-order valence-corrected chi connectivity index (χ0v) is 14.0. The van der Waals surface area contributed by atoms with Crippen molar-refractivity contribution in [3.63, 3.8) is 0 Å². The van der Waals surface area contributed by atoms with Gasteiger partial charge in [0, 0.05) is 11.0 Å². The van der Waals surface area contributed by atoms with Gasteiger partial charge in [0.05, 0.1) is 12.1 Å². The Bertz CT molecular complexity index is 495. The molecule has 110 valence electrons. The number of benzene rings is 1. The number of hydrogen-bond acceptors (Lipinski definition) is 2. The van der Waals surface area contributed by atoms with Crippen LogP contribution in [0.1, 0.15) is 45.2 Å². The highest BCUT2D eigenvalue weighted by Crippen LogP contribution is 2.34. The first-order chi connectivity index (χ1) is 9.30. The largest absolute Gasteiger partial charge is 0.334 e. The third kappa shape index (κ3) is 3.23. The van der Waals surface area contributed by atoms with E-state index >= 15 is 0 Å². The third-order valence-corrected chi connectivity index (χ3v) is 4.46. The fourth-order valence-electron chi connectivity index (χ4n) is 2.64. The van der Waals surface area contributed by atoms with Gasteiger partial charge in [0.25, 0.3) is 0 Å². The van der Waals surface area contributed by atoms with Crippen LogP contribution < -0.4 is 5.73 Å². The van der Waals surface area contributed by atoms with E-state index in [1.165, 1.54) is 5.56 Å². The quantitative estimate of drug-likeness (QED) is 0.897. The molecule has 0 aromatic heterocycles. The molecule has 4 heteroatoms. The first kappa shape index (κ1) is 15.5. The number of nitrogens with two attached hydrogens (primary N) is 1. The molecule has 2 unspecified atom stereocenters. The summed E-state index contributed by atoms with van der Waals surface area (Å²) < 4.78 is 1.05. The molecule has 0 bridgehead atoms. The maximum absolute atomic E-state index is 12.6. The van der Waals surface area contributed by atoms with Crippen LogP contribution in [0.3, 0.4) is 0 Å². The summed E-state index contributed by atoms with van der Waals surface area (Å²) in [5.41, 5.74) is 7.12. The van der Waals surface area contributed by atoms with Gasteiger partial charge in [0.2, 0.25) is 5.91 Å². The Morgan fingerprint density at radius 2 is 2.15 bits per heavy atom. The first-order valence-corrected chi connectivity index (χ1v) is 7.91. The van der Waals surface area contributed by atoms with Gasteiger partial charge in [0.15, 0.2) is 0 Å². The summed E-state index contributed by atoms with van der Waals surface area (Å²) in [5, 5.41) is 0. The van der Waals surface area contributed by atoms with E-state index in [0.29, 0.717) is 0 Å². The maximum Gasteiger partial charge on any atom is 0.240 e. The van der Waals surface area contributed by atoms with Crippen LogP contribution in [0, 0.1) is 5.41 Å². The summed E-state index contributed by atoms with van der Waals surface area (Å²) in [6.45, 7) is 6.85. The minimum Gasteiger partial charge on any atom is -0.334 e. The van der Waals surface area contributed by atoms with Crippen LogP contribution in [0.5, 0.6) is 0 Å². The van der Waals surface area contributed by atoms with Crippen molar-refractivity contribution < 1.29 is 4.79 Å². The highest BCUT2D eigenvalue weighted by Gasteiger charge is 2.36. The number of rotatable bonds is 2. The summed E-state index contributed by atoms with van der Waals surface area (Å²) in [6.07, 6.45) is 2.05. The van der Waals surface area contributed by atoms with Crippen molar-refractivity contribution in [1.82, 2.24) is 4.90 Å². The van der Waals surface area contributed by atoms with Gasteiger partial charge in [-0.25, -0.2) is 0 Å². The Balaban J connectivity index is 2.21.